The van der Waals surface area contributed by atoms with Crippen molar-refractivity contribution in [2.75, 3.05) is 27.2 Å². The van der Waals surface area contributed by atoms with Crippen LogP contribution in [0, 0.1) is 5.82 Å². The third kappa shape index (κ3) is 5.54. The van der Waals surface area contributed by atoms with E-state index in [1.165, 1.54) is 17.0 Å². The number of rotatable bonds is 8. The molecule has 0 saturated carbocycles. The van der Waals surface area contributed by atoms with Crippen molar-refractivity contribution in [3.63, 3.8) is 0 Å². The molecule has 0 aromatic heterocycles. The Hall–Kier alpha value is -2.90. The zero-order valence-electron chi connectivity index (χ0n) is 19.1. The molecule has 6 nitrogen and oxygen atoms in total. The predicted octanol–water partition coefficient (Wildman–Crippen LogP) is 4.64. The Labute approximate surface area is 198 Å². The number of hydrogen-bond acceptors (Lipinski definition) is 5. The summed E-state index contributed by atoms with van der Waals surface area (Å²) in [6.07, 6.45) is 0.413. The lowest BCUT2D eigenvalue weighted by atomic mass is 9.95. The topological polar surface area (TPSA) is 70.1 Å². The average molecular weight is 475 g/mol. The first-order valence-corrected chi connectivity index (χ1v) is 11.1. The van der Waals surface area contributed by atoms with E-state index in [1.54, 1.807) is 38.1 Å². The molecule has 1 aliphatic heterocycles. The highest BCUT2D eigenvalue weighted by atomic mass is 35.5. The minimum atomic E-state index is -0.806. The molecule has 0 radical (unpaired) electrons. The number of hydrogen-bond donors (Lipinski definition) is 1. The number of benzene rings is 2. The van der Waals surface area contributed by atoms with Gasteiger partial charge in [-0.3, -0.25) is 9.59 Å². The summed E-state index contributed by atoms with van der Waals surface area (Å²) in [6, 6.07) is 9.91. The van der Waals surface area contributed by atoms with Crippen LogP contribution in [0.5, 0.6) is 5.75 Å². The summed E-state index contributed by atoms with van der Waals surface area (Å²) in [7, 11) is 3.85. The fourth-order valence-corrected chi connectivity index (χ4v) is 3.94. The highest BCUT2D eigenvalue weighted by Gasteiger charge is 2.45. The molecule has 2 aromatic carbocycles. The number of ether oxygens (including phenoxy) is 1. The van der Waals surface area contributed by atoms with Crippen molar-refractivity contribution in [2.24, 2.45) is 0 Å². The number of aliphatic hydroxyl groups excluding tert-OH is 1. The molecule has 176 valence electrons. The highest BCUT2D eigenvalue weighted by molar-refractivity contribution is 6.46. The van der Waals surface area contributed by atoms with Crippen molar-refractivity contribution in [2.45, 2.75) is 32.4 Å². The largest absolute Gasteiger partial charge is 0.507 e. The van der Waals surface area contributed by atoms with Crippen LogP contribution in [-0.4, -0.2) is 59.9 Å². The second-order valence-electron chi connectivity index (χ2n) is 8.51. The number of carbonyl (C=O) groups is 2. The Balaban J connectivity index is 2.07. The van der Waals surface area contributed by atoms with E-state index in [2.05, 4.69) is 0 Å². The molecule has 1 fully saturated rings. The lowest BCUT2D eigenvalue weighted by Crippen LogP contribution is -2.32. The van der Waals surface area contributed by atoms with Crippen LogP contribution >= 0.6 is 11.6 Å². The van der Waals surface area contributed by atoms with E-state index >= 15 is 0 Å². The van der Waals surface area contributed by atoms with E-state index in [-0.39, 0.29) is 23.0 Å². The van der Waals surface area contributed by atoms with Crippen molar-refractivity contribution in [1.29, 1.82) is 0 Å². The maximum Gasteiger partial charge on any atom is 0.295 e. The molecular weight excluding hydrogens is 447 g/mol. The number of carbonyl (C=O) groups excluding carboxylic acids is 2. The molecule has 1 atom stereocenters. The van der Waals surface area contributed by atoms with Gasteiger partial charge in [-0.2, -0.15) is 0 Å². The zero-order chi connectivity index (χ0) is 24.3. The number of halogens is 2. The molecule has 1 amide bonds. The standard InChI is InChI=1S/C25H28ClFN2O4/c1-15(2)33-20-11-8-17(14-19(20)27)23(30)21-22(16-6-9-18(26)10-7-16)29(25(32)24(21)31)13-5-12-28(3)4/h6-11,14-15,22,30H,5,12-13H2,1-4H3/b23-21+/t22-/m0/s1. The Bertz CT molecular complexity index is 1070. The van der Waals surface area contributed by atoms with Crippen LogP contribution < -0.4 is 4.74 Å². The third-order valence-electron chi connectivity index (χ3n) is 5.30. The van der Waals surface area contributed by atoms with Gasteiger partial charge in [-0.25, -0.2) is 4.39 Å². The summed E-state index contributed by atoms with van der Waals surface area (Å²) >= 11 is 6.03. The van der Waals surface area contributed by atoms with Gasteiger partial charge >= 0.3 is 0 Å². The van der Waals surface area contributed by atoms with Gasteiger partial charge in [-0.15, -0.1) is 0 Å². The van der Waals surface area contributed by atoms with Gasteiger partial charge in [-0.05, 0) is 76.8 Å². The monoisotopic (exact) mass is 474 g/mol. The van der Waals surface area contributed by atoms with E-state index in [4.69, 9.17) is 16.3 Å². The van der Waals surface area contributed by atoms with Gasteiger partial charge in [0.25, 0.3) is 11.7 Å². The van der Waals surface area contributed by atoms with Crippen LogP contribution in [0.3, 0.4) is 0 Å². The number of Topliss-reactive ketones (excluding diaryl/α,β-unsaturated/α-hetero) is 1. The van der Waals surface area contributed by atoms with Crippen molar-refractivity contribution >= 4 is 29.1 Å². The number of nitrogens with zero attached hydrogens (tertiary/aromatic N) is 2. The Morgan fingerprint density at radius 1 is 1.18 bits per heavy atom. The third-order valence-corrected chi connectivity index (χ3v) is 5.55. The van der Waals surface area contributed by atoms with E-state index in [0.717, 1.165) is 12.6 Å². The minimum absolute atomic E-state index is 0.0416. The fourth-order valence-electron chi connectivity index (χ4n) is 3.81. The molecule has 0 unspecified atom stereocenters. The molecule has 1 saturated heterocycles. The first-order valence-electron chi connectivity index (χ1n) is 10.7. The molecule has 1 heterocycles. The molecule has 0 spiro atoms. The maximum absolute atomic E-state index is 14.6. The molecule has 0 aliphatic carbocycles. The van der Waals surface area contributed by atoms with Crippen LogP contribution in [0.1, 0.15) is 37.4 Å². The Morgan fingerprint density at radius 2 is 1.85 bits per heavy atom. The van der Waals surface area contributed by atoms with Crippen molar-refractivity contribution in [3.05, 3.63) is 70.0 Å². The average Bonchev–Trinajstić information content (AvgIpc) is 2.99. The van der Waals surface area contributed by atoms with Gasteiger partial charge in [0.05, 0.1) is 17.7 Å². The van der Waals surface area contributed by atoms with Crippen LogP contribution in [0.4, 0.5) is 4.39 Å². The van der Waals surface area contributed by atoms with E-state index in [9.17, 15) is 19.1 Å². The maximum atomic E-state index is 14.6. The summed E-state index contributed by atoms with van der Waals surface area (Å²) in [4.78, 5) is 29.4. The van der Waals surface area contributed by atoms with Crippen LogP contribution in [0.15, 0.2) is 48.0 Å². The Kier molecular flexibility index (Phi) is 7.76. The molecule has 0 bridgehead atoms. The molecule has 2 aromatic rings. The quantitative estimate of drug-likeness (QED) is 0.343. The van der Waals surface area contributed by atoms with Crippen LogP contribution in [0.2, 0.25) is 5.02 Å². The Morgan fingerprint density at radius 3 is 2.42 bits per heavy atom. The van der Waals surface area contributed by atoms with Gasteiger partial charge in [0, 0.05) is 17.1 Å². The van der Waals surface area contributed by atoms with Gasteiger partial charge in [0.15, 0.2) is 11.6 Å². The summed E-state index contributed by atoms with van der Waals surface area (Å²) in [5, 5.41) is 11.6. The molecule has 1 aliphatic rings. The molecule has 1 N–H and O–H groups in total. The minimum Gasteiger partial charge on any atom is -0.507 e. The first kappa shape index (κ1) is 24.7. The summed E-state index contributed by atoms with van der Waals surface area (Å²) in [6.45, 7) is 4.59. The number of aliphatic hydroxyl groups is 1. The summed E-state index contributed by atoms with van der Waals surface area (Å²) in [5.74, 6) is -2.56. The molecule has 8 heteroatoms. The number of likely N-dealkylation sites (tertiary alicyclic amines) is 1. The van der Waals surface area contributed by atoms with Gasteiger partial charge in [0.1, 0.15) is 5.76 Å². The van der Waals surface area contributed by atoms with Gasteiger partial charge in [-0.1, -0.05) is 23.7 Å². The van der Waals surface area contributed by atoms with Crippen LogP contribution in [0.25, 0.3) is 5.76 Å². The molecule has 33 heavy (non-hydrogen) atoms. The SMILES string of the molecule is CC(C)Oc1ccc(/C(O)=C2\C(=O)C(=O)N(CCCN(C)C)[C@H]2c2ccc(Cl)cc2)cc1F. The van der Waals surface area contributed by atoms with E-state index in [1.807, 2.05) is 19.0 Å². The first-order chi connectivity index (χ1) is 15.6. The number of amides is 1. The molecule has 3 rings (SSSR count). The fraction of sp³-hybridized carbons (Fsp3) is 0.360. The number of ketones is 1. The second kappa shape index (κ2) is 10.4. The van der Waals surface area contributed by atoms with E-state index in [0.29, 0.717) is 23.6 Å². The highest BCUT2D eigenvalue weighted by Crippen LogP contribution is 2.40. The lowest BCUT2D eigenvalue weighted by Gasteiger charge is -2.26. The van der Waals surface area contributed by atoms with Crippen molar-refractivity contribution in [3.8, 4) is 5.75 Å². The van der Waals surface area contributed by atoms with E-state index < -0.39 is 29.3 Å². The van der Waals surface area contributed by atoms with Crippen molar-refractivity contribution in [1.82, 2.24) is 9.80 Å². The zero-order valence-corrected chi connectivity index (χ0v) is 19.9. The lowest BCUT2D eigenvalue weighted by molar-refractivity contribution is -0.139. The smallest absolute Gasteiger partial charge is 0.295 e. The molecular formula is C25H28ClFN2O4. The second-order valence-corrected chi connectivity index (χ2v) is 8.95. The van der Waals surface area contributed by atoms with Gasteiger partial charge < -0.3 is 19.6 Å². The van der Waals surface area contributed by atoms with Gasteiger partial charge in [0.2, 0.25) is 0 Å². The van der Waals surface area contributed by atoms with Crippen molar-refractivity contribution < 1.29 is 23.8 Å². The summed E-state index contributed by atoms with van der Waals surface area (Å²) < 4.78 is 20.0. The predicted molar refractivity (Wildman–Crippen MR) is 126 cm³/mol. The van der Waals surface area contributed by atoms with Crippen LogP contribution in [-0.2, 0) is 9.59 Å². The summed E-state index contributed by atoms with van der Waals surface area (Å²) in [5.41, 5.74) is 0.642. The normalized spacial score (nSPS) is 17.9.